The molecule has 0 aromatic heterocycles. The molecule has 1 aliphatic heterocycles. The molecule has 0 atom stereocenters. The van der Waals surface area contributed by atoms with Gasteiger partial charge in [0.2, 0.25) is 0 Å². The quantitative estimate of drug-likeness (QED) is 0.337. The number of oxime groups is 1. The van der Waals surface area contributed by atoms with E-state index in [1.165, 1.54) is 0 Å². The van der Waals surface area contributed by atoms with Gasteiger partial charge >= 0.3 is 0 Å². The van der Waals surface area contributed by atoms with Gasteiger partial charge in [-0.1, -0.05) is 5.16 Å². The van der Waals surface area contributed by atoms with Gasteiger partial charge in [0.05, 0.1) is 5.71 Å². The molecule has 1 heterocycles. The summed E-state index contributed by atoms with van der Waals surface area (Å²) in [6, 6.07) is 0. The average molecular weight is 100 g/mol. The van der Waals surface area contributed by atoms with Crippen molar-refractivity contribution in [2.24, 2.45) is 5.16 Å². The second kappa shape index (κ2) is 1.50. The van der Waals surface area contributed by atoms with Crippen molar-refractivity contribution in [3.05, 3.63) is 0 Å². The SMILES string of the molecule is CN1CC(=NO)C1. The molecular weight excluding hydrogens is 92.1 g/mol. The van der Waals surface area contributed by atoms with Crippen LogP contribution in [-0.4, -0.2) is 36.0 Å². The first-order chi connectivity index (χ1) is 3.33. The van der Waals surface area contributed by atoms with E-state index < -0.39 is 0 Å². The highest BCUT2D eigenvalue weighted by Crippen LogP contribution is 1.97. The molecule has 1 rings (SSSR count). The fourth-order valence-electron chi connectivity index (χ4n) is 0.640. The molecule has 0 unspecified atom stereocenters. The van der Waals surface area contributed by atoms with Gasteiger partial charge in [0.25, 0.3) is 0 Å². The van der Waals surface area contributed by atoms with Crippen LogP contribution < -0.4 is 0 Å². The van der Waals surface area contributed by atoms with Crippen molar-refractivity contribution in [3.63, 3.8) is 0 Å². The molecule has 1 N–H and O–H groups in total. The minimum atomic E-state index is 0.830. The third kappa shape index (κ3) is 0.718. The summed E-state index contributed by atoms with van der Waals surface area (Å²) in [5, 5.41) is 11.1. The smallest absolute Gasteiger partial charge is 0.0850 e. The molecule has 0 radical (unpaired) electrons. The van der Waals surface area contributed by atoms with Crippen molar-refractivity contribution in [1.29, 1.82) is 0 Å². The predicted octanol–water partition coefficient (Wildman–Crippen LogP) is -0.238. The molecule has 1 saturated heterocycles. The summed E-state index contributed by atoms with van der Waals surface area (Å²) in [5.74, 6) is 0. The molecule has 3 heteroatoms. The second-order valence-corrected chi connectivity index (χ2v) is 1.84. The summed E-state index contributed by atoms with van der Waals surface area (Å²) < 4.78 is 0. The summed E-state index contributed by atoms with van der Waals surface area (Å²) in [7, 11) is 1.98. The lowest BCUT2D eigenvalue weighted by Crippen LogP contribution is -2.44. The Morgan fingerprint density at radius 1 is 1.71 bits per heavy atom. The van der Waals surface area contributed by atoms with Gasteiger partial charge in [0.15, 0.2) is 0 Å². The van der Waals surface area contributed by atoms with Gasteiger partial charge in [-0.15, -0.1) is 0 Å². The summed E-state index contributed by atoms with van der Waals surface area (Å²) in [6.07, 6.45) is 0. The van der Waals surface area contributed by atoms with E-state index in [1.54, 1.807) is 0 Å². The van der Waals surface area contributed by atoms with Crippen LogP contribution in [0.3, 0.4) is 0 Å². The molecule has 3 nitrogen and oxygen atoms in total. The molecule has 40 valence electrons. The fourth-order valence-corrected chi connectivity index (χ4v) is 0.640. The van der Waals surface area contributed by atoms with Gasteiger partial charge in [-0.2, -0.15) is 0 Å². The maximum Gasteiger partial charge on any atom is 0.0850 e. The van der Waals surface area contributed by atoms with Crippen molar-refractivity contribution >= 4 is 5.71 Å². The van der Waals surface area contributed by atoms with Crippen LogP contribution in [0, 0.1) is 0 Å². The lowest BCUT2D eigenvalue weighted by molar-refractivity contribution is 0.291. The Morgan fingerprint density at radius 3 is 2.43 bits per heavy atom. The standard InChI is InChI=1S/C4H8N2O/c1-6-2-4(3-6)5-7/h7H,2-3H2,1H3. The van der Waals surface area contributed by atoms with Crippen LogP contribution in [0.2, 0.25) is 0 Å². The topological polar surface area (TPSA) is 35.8 Å². The average Bonchev–Trinajstić information content (AvgIpc) is 1.58. The van der Waals surface area contributed by atoms with E-state index in [0.717, 1.165) is 18.8 Å². The summed E-state index contributed by atoms with van der Waals surface area (Å²) in [5.41, 5.74) is 0.877. The maximum atomic E-state index is 8.07. The molecule has 0 aromatic rings. The Kier molecular flexibility index (Phi) is 0.982. The predicted molar refractivity (Wildman–Crippen MR) is 26.7 cm³/mol. The first-order valence-corrected chi connectivity index (χ1v) is 2.21. The summed E-state index contributed by atoms with van der Waals surface area (Å²) in [4.78, 5) is 2.06. The number of rotatable bonds is 0. The minimum absolute atomic E-state index is 0.830. The Bertz CT molecular complexity index is 91.9. The second-order valence-electron chi connectivity index (χ2n) is 1.84. The molecule has 0 saturated carbocycles. The normalized spacial score (nSPS) is 21.6. The van der Waals surface area contributed by atoms with Gasteiger partial charge < -0.3 is 5.21 Å². The van der Waals surface area contributed by atoms with Crippen molar-refractivity contribution in [2.45, 2.75) is 0 Å². The zero-order chi connectivity index (χ0) is 5.28. The van der Waals surface area contributed by atoms with Gasteiger partial charge in [-0.3, -0.25) is 4.90 Å². The third-order valence-electron chi connectivity index (χ3n) is 1.05. The fraction of sp³-hybridized carbons (Fsp3) is 0.750. The highest BCUT2D eigenvalue weighted by Gasteiger charge is 2.16. The van der Waals surface area contributed by atoms with Crippen LogP contribution in [-0.2, 0) is 0 Å². The molecule has 0 spiro atoms. The molecule has 0 amide bonds. The number of nitrogens with zero attached hydrogens (tertiary/aromatic N) is 2. The first-order valence-electron chi connectivity index (χ1n) is 2.21. The maximum absolute atomic E-state index is 8.07. The van der Waals surface area contributed by atoms with Crippen molar-refractivity contribution in [3.8, 4) is 0 Å². The zero-order valence-corrected chi connectivity index (χ0v) is 4.26. The number of hydrogen-bond acceptors (Lipinski definition) is 3. The van der Waals surface area contributed by atoms with Gasteiger partial charge in [0, 0.05) is 13.1 Å². The molecule has 0 aromatic carbocycles. The number of hydrogen-bond donors (Lipinski definition) is 1. The van der Waals surface area contributed by atoms with Crippen LogP contribution in [0.25, 0.3) is 0 Å². The number of likely N-dealkylation sites (tertiary alicyclic amines) is 1. The van der Waals surface area contributed by atoms with Crippen molar-refractivity contribution in [1.82, 2.24) is 4.90 Å². The van der Waals surface area contributed by atoms with E-state index in [2.05, 4.69) is 10.1 Å². The molecule has 1 aliphatic rings. The van der Waals surface area contributed by atoms with E-state index in [0.29, 0.717) is 0 Å². The van der Waals surface area contributed by atoms with Crippen LogP contribution >= 0.6 is 0 Å². The van der Waals surface area contributed by atoms with Crippen LogP contribution in [0.4, 0.5) is 0 Å². The van der Waals surface area contributed by atoms with Crippen LogP contribution in [0.15, 0.2) is 5.16 Å². The highest BCUT2D eigenvalue weighted by molar-refractivity contribution is 5.92. The molecular formula is C4H8N2O. The summed E-state index contributed by atoms with van der Waals surface area (Å²) in [6.45, 7) is 1.66. The van der Waals surface area contributed by atoms with Crippen molar-refractivity contribution < 1.29 is 5.21 Å². The van der Waals surface area contributed by atoms with Gasteiger partial charge in [-0.05, 0) is 7.05 Å². The third-order valence-corrected chi connectivity index (χ3v) is 1.05. The largest absolute Gasteiger partial charge is 0.411 e. The summed E-state index contributed by atoms with van der Waals surface area (Å²) >= 11 is 0. The highest BCUT2D eigenvalue weighted by atomic mass is 16.4. The van der Waals surface area contributed by atoms with E-state index in [4.69, 9.17) is 5.21 Å². The zero-order valence-electron chi connectivity index (χ0n) is 4.26. The Balaban J connectivity index is 2.30. The lowest BCUT2D eigenvalue weighted by Gasteiger charge is -2.26. The van der Waals surface area contributed by atoms with Crippen LogP contribution in [0.1, 0.15) is 0 Å². The first kappa shape index (κ1) is 4.59. The monoisotopic (exact) mass is 100 g/mol. The van der Waals surface area contributed by atoms with E-state index in [-0.39, 0.29) is 0 Å². The molecule has 1 fully saturated rings. The molecule has 7 heavy (non-hydrogen) atoms. The molecule has 0 aliphatic carbocycles. The van der Waals surface area contributed by atoms with Gasteiger partial charge in [0.1, 0.15) is 0 Å². The van der Waals surface area contributed by atoms with E-state index in [9.17, 15) is 0 Å². The van der Waals surface area contributed by atoms with E-state index in [1.807, 2.05) is 7.05 Å². The minimum Gasteiger partial charge on any atom is -0.411 e. The lowest BCUT2D eigenvalue weighted by atomic mass is 10.2. The Labute approximate surface area is 42.2 Å². The molecule has 0 bridgehead atoms. The van der Waals surface area contributed by atoms with E-state index >= 15 is 0 Å². The van der Waals surface area contributed by atoms with Gasteiger partial charge in [-0.25, -0.2) is 0 Å². The Hall–Kier alpha value is -0.570. The van der Waals surface area contributed by atoms with Crippen LogP contribution in [0.5, 0.6) is 0 Å². The Morgan fingerprint density at radius 2 is 2.29 bits per heavy atom. The van der Waals surface area contributed by atoms with Crippen molar-refractivity contribution in [2.75, 3.05) is 20.1 Å².